The Hall–Kier alpha value is -0.390. The first-order valence-electron chi connectivity index (χ1n) is 14.0. The van der Waals surface area contributed by atoms with Gasteiger partial charge in [-0.2, -0.15) is 8.42 Å². The molecule has 0 saturated heterocycles. The van der Waals surface area contributed by atoms with E-state index in [9.17, 15) is 8.42 Å². The summed E-state index contributed by atoms with van der Waals surface area (Å²) in [6.45, 7) is 2.55. The fourth-order valence-electron chi connectivity index (χ4n) is 4.65. The van der Waals surface area contributed by atoms with E-state index in [1.54, 1.807) is 12.1 Å². The first-order chi connectivity index (χ1) is 16.6. The van der Waals surface area contributed by atoms with Gasteiger partial charge in [0, 0.05) is 5.39 Å². The quantitative estimate of drug-likeness (QED) is 0.106. The minimum Gasteiger partial charge on any atom is -1.00 e. The third-order valence-electron chi connectivity index (χ3n) is 6.76. The van der Waals surface area contributed by atoms with E-state index in [4.69, 9.17) is 4.18 Å². The molecule has 2 rings (SSSR count). The summed E-state index contributed by atoms with van der Waals surface area (Å²) in [4.78, 5) is 0.271. The van der Waals surface area contributed by atoms with Crippen LogP contribution >= 0.6 is 0 Å². The molecule has 0 atom stereocenters. The Morgan fingerprint density at radius 1 is 0.600 bits per heavy atom. The minimum absolute atomic E-state index is 0. The van der Waals surface area contributed by atoms with Crippen molar-refractivity contribution in [3.05, 3.63) is 42.5 Å². The van der Waals surface area contributed by atoms with Crippen LogP contribution in [0.5, 0.6) is 0 Å². The van der Waals surface area contributed by atoms with Gasteiger partial charge in [0.25, 0.3) is 10.1 Å². The molecule has 0 aromatic heterocycles. The molecule has 0 radical (unpaired) electrons. The maximum absolute atomic E-state index is 12.6. The van der Waals surface area contributed by atoms with Gasteiger partial charge in [0.2, 0.25) is 0 Å². The SMILES string of the molecule is CCCCCCCCCCCCCCCCCCCCOS(=O)(=O)c1cccc2ccccc12.[H-].[Na+]. The van der Waals surface area contributed by atoms with Crippen molar-refractivity contribution in [3.8, 4) is 0 Å². The van der Waals surface area contributed by atoms with Gasteiger partial charge in [0.05, 0.1) is 6.61 Å². The molecule has 5 heteroatoms. The summed E-state index contributed by atoms with van der Waals surface area (Å²) in [5.41, 5.74) is 0. The summed E-state index contributed by atoms with van der Waals surface area (Å²) in [7, 11) is -3.71. The van der Waals surface area contributed by atoms with Gasteiger partial charge in [0.15, 0.2) is 0 Å². The van der Waals surface area contributed by atoms with Crippen molar-refractivity contribution in [1.29, 1.82) is 0 Å². The Balaban J connectivity index is 0.00000612. The van der Waals surface area contributed by atoms with Crippen LogP contribution in [0.1, 0.15) is 124 Å². The van der Waals surface area contributed by atoms with Crippen LogP contribution in [0.3, 0.4) is 0 Å². The van der Waals surface area contributed by atoms with E-state index < -0.39 is 10.1 Å². The smallest absolute Gasteiger partial charge is 1.00 e. The molecule has 0 fully saturated rings. The molecule has 0 amide bonds. The van der Waals surface area contributed by atoms with Crippen molar-refractivity contribution in [2.75, 3.05) is 6.61 Å². The topological polar surface area (TPSA) is 43.4 Å². The van der Waals surface area contributed by atoms with Crippen molar-refractivity contribution in [1.82, 2.24) is 0 Å². The number of rotatable bonds is 21. The number of hydrogen-bond acceptors (Lipinski definition) is 3. The average molecular weight is 513 g/mol. The number of unbranched alkanes of at least 4 members (excludes halogenated alkanes) is 17. The Morgan fingerprint density at radius 2 is 1.03 bits per heavy atom. The molecule has 0 spiro atoms. The molecule has 0 aliphatic rings. The van der Waals surface area contributed by atoms with Crippen LogP contribution in [-0.4, -0.2) is 15.0 Å². The summed E-state index contributed by atoms with van der Waals surface area (Å²) in [6, 6.07) is 12.9. The van der Waals surface area contributed by atoms with Crippen LogP contribution in [0.25, 0.3) is 10.8 Å². The molecule has 3 nitrogen and oxygen atoms in total. The fourth-order valence-corrected chi connectivity index (χ4v) is 5.81. The Kier molecular flexibility index (Phi) is 19.3. The van der Waals surface area contributed by atoms with Gasteiger partial charge in [-0.05, 0) is 17.9 Å². The van der Waals surface area contributed by atoms with Crippen molar-refractivity contribution in [3.63, 3.8) is 0 Å². The van der Waals surface area contributed by atoms with Crippen LogP contribution in [-0.2, 0) is 14.3 Å². The van der Waals surface area contributed by atoms with Gasteiger partial charge in [0.1, 0.15) is 4.90 Å². The van der Waals surface area contributed by atoms with Crippen LogP contribution in [0, 0.1) is 0 Å². The van der Waals surface area contributed by atoms with E-state index in [0.29, 0.717) is 0 Å². The zero-order valence-corrected chi connectivity index (χ0v) is 25.4. The largest absolute Gasteiger partial charge is 1.00 e. The van der Waals surface area contributed by atoms with Crippen molar-refractivity contribution in [2.24, 2.45) is 0 Å². The van der Waals surface area contributed by atoms with Gasteiger partial charge >= 0.3 is 29.6 Å². The molecule has 0 N–H and O–H groups in total. The normalized spacial score (nSPS) is 11.6. The number of benzene rings is 2. The molecule has 35 heavy (non-hydrogen) atoms. The Bertz CT molecular complexity index is 883. The maximum Gasteiger partial charge on any atom is 1.00 e. The van der Waals surface area contributed by atoms with Gasteiger partial charge in [-0.25, -0.2) is 0 Å². The molecule has 0 saturated carbocycles. The fraction of sp³-hybridized carbons (Fsp3) is 0.667. The Labute approximate surface area is 239 Å². The van der Waals surface area contributed by atoms with Gasteiger partial charge in [-0.1, -0.05) is 152 Å². The first-order valence-corrected chi connectivity index (χ1v) is 15.4. The van der Waals surface area contributed by atoms with Crippen LogP contribution < -0.4 is 29.6 Å². The molecular formula is C30H49NaO3S. The zero-order valence-electron chi connectivity index (χ0n) is 23.6. The minimum atomic E-state index is -3.71. The van der Waals surface area contributed by atoms with E-state index in [-0.39, 0.29) is 42.5 Å². The average Bonchev–Trinajstić information content (AvgIpc) is 2.85. The van der Waals surface area contributed by atoms with Crippen LogP contribution in [0.15, 0.2) is 47.4 Å². The van der Waals surface area contributed by atoms with Gasteiger partial charge in [-0.3, -0.25) is 4.18 Å². The molecule has 0 unspecified atom stereocenters. The van der Waals surface area contributed by atoms with Crippen molar-refractivity contribution in [2.45, 2.75) is 127 Å². The maximum atomic E-state index is 12.6. The molecule has 0 aliphatic carbocycles. The third kappa shape index (κ3) is 14.2. The number of fused-ring (bicyclic) bond motifs is 1. The van der Waals surface area contributed by atoms with E-state index in [0.717, 1.165) is 30.0 Å². The second kappa shape index (κ2) is 20.6. The summed E-state index contributed by atoms with van der Waals surface area (Å²) in [6.07, 6.45) is 23.8. The van der Waals surface area contributed by atoms with E-state index in [2.05, 4.69) is 6.92 Å². The number of hydrogen-bond donors (Lipinski definition) is 0. The van der Waals surface area contributed by atoms with Crippen molar-refractivity contribution < 1.29 is 43.6 Å². The second-order valence-corrected chi connectivity index (χ2v) is 11.3. The van der Waals surface area contributed by atoms with E-state index in [1.165, 1.54) is 96.3 Å². The molecular weight excluding hydrogens is 463 g/mol. The predicted molar refractivity (Wildman–Crippen MR) is 147 cm³/mol. The van der Waals surface area contributed by atoms with Gasteiger partial charge in [-0.15, -0.1) is 0 Å². The first kappa shape index (κ1) is 32.6. The third-order valence-corrected chi connectivity index (χ3v) is 8.13. The molecule has 194 valence electrons. The Morgan fingerprint density at radius 3 is 1.54 bits per heavy atom. The summed E-state index contributed by atoms with van der Waals surface area (Å²) in [5.74, 6) is 0. The van der Waals surface area contributed by atoms with Crippen LogP contribution in [0.2, 0.25) is 0 Å². The second-order valence-electron chi connectivity index (χ2n) is 9.76. The summed E-state index contributed by atoms with van der Waals surface area (Å²) < 4.78 is 30.5. The van der Waals surface area contributed by atoms with Crippen LogP contribution in [0.4, 0.5) is 0 Å². The standard InChI is InChI=1S/C30H48O3S.Na.H/c1-2-3-4-5-6-7-8-9-10-11-12-13-14-15-16-17-18-21-27-33-34(31,32)30-26-22-24-28-23-19-20-25-29(28)30;;/h19-20,22-26H,2-18,21,27H2,1H3;;/q;+1;-1. The summed E-state index contributed by atoms with van der Waals surface area (Å²) >= 11 is 0. The monoisotopic (exact) mass is 512 g/mol. The van der Waals surface area contributed by atoms with E-state index >= 15 is 0 Å². The predicted octanol–water partition coefficient (Wildman–Crippen LogP) is 6.70. The summed E-state index contributed by atoms with van der Waals surface area (Å²) in [5, 5.41) is 1.64. The van der Waals surface area contributed by atoms with Crippen molar-refractivity contribution >= 4 is 20.9 Å². The van der Waals surface area contributed by atoms with Gasteiger partial charge < -0.3 is 1.43 Å². The molecule has 2 aromatic carbocycles. The molecule has 0 bridgehead atoms. The van der Waals surface area contributed by atoms with E-state index in [1.807, 2.05) is 30.3 Å². The molecule has 2 aromatic rings. The molecule has 0 heterocycles. The zero-order chi connectivity index (χ0) is 24.3. The molecule has 0 aliphatic heterocycles.